The van der Waals surface area contributed by atoms with Crippen LogP contribution in [0, 0.1) is 0 Å². The van der Waals surface area contributed by atoms with Crippen LogP contribution >= 0.6 is 0 Å². The second kappa shape index (κ2) is 23.2. The summed E-state index contributed by atoms with van der Waals surface area (Å²) in [6.45, 7) is 6.51. The molecule has 0 bridgehead atoms. The molecule has 0 unspecified atom stereocenters. The van der Waals surface area contributed by atoms with Crippen molar-refractivity contribution in [3.05, 3.63) is 0 Å². The predicted octanol–water partition coefficient (Wildman–Crippen LogP) is 4.41. The van der Waals surface area contributed by atoms with Gasteiger partial charge in [0.05, 0.1) is 26.4 Å². The van der Waals surface area contributed by atoms with E-state index in [1.54, 1.807) is 0 Å². The number of hydrogen-bond donors (Lipinski definition) is 2. The SMILES string of the molecule is CCCCCCCCCCCCCCNCCOCCOCCOC(N)=O. The second-order valence-electron chi connectivity index (χ2n) is 7.03. The summed E-state index contributed by atoms with van der Waals surface area (Å²) in [5, 5.41) is 3.41. The van der Waals surface area contributed by atoms with Crippen molar-refractivity contribution in [2.45, 2.75) is 84.0 Å². The maximum Gasteiger partial charge on any atom is 0.404 e. The molecule has 0 aromatic carbocycles. The maximum atomic E-state index is 10.3. The fraction of sp³-hybridized carbons (Fsp3) is 0.952. The average molecular weight is 389 g/mol. The second-order valence-corrected chi connectivity index (χ2v) is 7.03. The van der Waals surface area contributed by atoms with Gasteiger partial charge in [-0.15, -0.1) is 0 Å². The maximum absolute atomic E-state index is 10.3. The van der Waals surface area contributed by atoms with E-state index < -0.39 is 6.09 Å². The van der Waals surface area contributed by atoms with Gasteiger partial charge in [-0.1, -0.05) is 77.6 Å². The molecule has 0 aromatic heterocycles. The Hall–Kier alpha value is -0.850. The van der Waals surface area contributed by atoms with Crippen LogP contribution in [0.4, 0.5) is 4.79 Å². The molecule has 162 valence electrons. The first-order valence-corrected chi connectivity index (χ1v) is 11.1. The summed E-state index contributed by atoms with van der Waals surface area (Å²) in [6, 6.07) is 0. The van der Waals surface area contributed by atoms with Crippen molar-refractivity contribution in [1.29, 1.82) is 0 Å². The summed E-state index contributed by atoms with van der Waals surface area (Å²) in [5.41, 5.74) is 4.83. The third-order valence-corrected chi connectivity index (χ3v) is 4.47. The lowest BCUT2D eigenvalue weighted by atomic mass is 10.1. The fourth-order valence-electron chi connectivity index (χ4n) is 2.88. The monoisotopic (exact) mass is 388 g/mol. The third kappa shape index (κ3) is 25.2. The normalized spacial score (nSPS) is 11.0. The van der Waals surface area contributed by atoms with Crippen LogP contribution < -0.4 is 11.1 Å². The average Bonchev–Trinajstić information content (AvgIpc) is 2.65. The van der Waals surface area contributed by atoms with Gasteiger partial charge in [-0.2, -0.15) is 0 Å². The molecule has 0 aromatic rings. The van der Waals surface area contributed by atoms with Crippen LogP contribution in [0.5, 0.6) is 0 Å². The number of nitrogens with one attached hydrogen (secondary N) is 1. The van der Waals surface area contributed by atoms with Crippen LogP contribution in [0.1, 0.15) is 84.0 Å². The van der Waals surface area contributed by atoms with Gasteiger partial charge in [-0.05, 0) is 13.0 Å². The molecule has 0 atom stereocenters. The number of unbranched alkanes of at least 4 members (excludes halogenated alkanes) is 11. The molecule has 0 spiro atoms. The fourth-order valence-corrected chi connectivity index (χ4v) is 2.88. The molecule has 0 aliphatic heterocycles. The van der Waals surface area contributed by atoms with Crippen molar-refractivity contribution in [3.63, 3.8) is 0 Å². The van der Waals surface area contributed by atoms with E-state index >= 15 is 0 Å². The Bertz CT molecular complexity index is 304. The predicted molar refractivity (Wildman–Crippen MR) is 111 cm³/mol. The molecular formula is C21H44N2O4. The first-order chi connectivity index (χ1) is 13.3. The van der Waals surface area contributed by atoms with Crippen LogP contribution in [-0.4, -0.2) is 52.2 Å². The number of ether oxygens (including phenoxy) is 3. The smallest absolute Gasteiger partial charge is 0.404 e. The zero-order valence-corrected chi connectivity index (χ0v) is 17.6. The zero-order valence-electron chi connectivity index (χ0n) is 17.6. The summed E-state index contributed by atoms with van der Waals surface area (Å²) in [7, 11) is 0. The lowest BCUT2D eigenvalue weighted by molar-refractivity contribution is 0.0301. The largest absolute Gasteiger partial charge is 0.447 e. The van der Waals surface area contributed by atoms with Crippen molar-refractivity contribution < 1.29 is 19.0 Å². The lowest BCUT2D eigenvalue weighted by Crippen LogP contribution is -2.22. The van der Waals surface area contributed by atoms with Gasteiger partial charge in [0.15, 0.2) is 0 Å². The van der Waals surface area contributed by atoms with E-state index in [1.807, 2.05) is 0 Å². The Morgan fingerprint density at radius 2 is 1.15 bits per heavy atom. The van der Waals surface area contributed by atoms with E-state index in [1.165, 1.54) is 77.0 Å². The Morgan fingerprint density at radius 3 is 1.70 bits per heavy atom. The number of hydrogen-bond acceptors (Lipinski definition) is 5. The molecule has 3 N–H and O–H groups in total. The van der Waals surface area contributed by atoms with E-state index in [4.69, 9.17) is 15.2 Å². The standard InChI is InChI=1S/C21H44N2O4/c1-2-3-4-5-6-7-8-9-10-11-12-13-14-23-15-16-25-17-18-26-19-20-27-21(22)24/h23H,2-20H2,1H3,(H2,22,24). The van der Waals surface area contributed by atoms with Crippen molar-refractivity contribution in [1.82, 2.24) is 5.32 Å². The van der Waals surface area contributed by atoms with Crippen molar-refractivity contribution >= 4 is 6.09 Å². The highest BCUT2D eigenvalue weighted by atomic mass is 16.6. The topological polar surface area (TPSA) is 82.8 Å². The van der Waals surface area contributed by atoms with Crippen molar-refractivity contribution in [3.8, 4) is 0 Å². The number of carbonyl (C=O) groups excluding carboxylic acids is 1. The van der Waals surface area contributed by atoms with Crippen LogP contribution in [0.3, 0.4) is 0 Å². The van der Waals surface area contributed by atoms with E-state index in [0.29, 0.717) is 26.4 Å². The summed E-state index contributed by atoms with van der Waals surface area (Å²) < 4.78 is 15.2. The van der Waals surface area contributed by atoms with Gasteiger partial charge in [0, 0.05) is 6.54 Å². The van der Waals surface area contributed by atoms with Gasteiger partial charge in [-0.25, -0.2) is 4.79 Å². The van der Waals surface area contributed by atoms with E-state index in [9.17, 15) is 4.79 Å². The molecule has 1 amide bonds. The van der Waals surface area contributed by atoms with Crippen LogP contribution in [0.25, 0.3) is 0 Å². The minimum atomic E-state index is -0.769. The van der Waals surface area contributed by atoms with Gasteiger partial charge in [-0.3, -0.25) is 0 Å². The summed E-state index contributed by atoms with van der Waals surface area (Å²) in [4.78, 5) is 10.3. The van der Waals surface area contributed by atoms with E-state index in [-0.39, 0.29) is 6.61 Å². The minimum Gasteiger partial charge on any atom is -0.447 e. The molecular weight excluding hydrogens is 344 g/mol. The Kier molecular flexibility index (Phi) is 22.5. The number of carbonyl (C=O) groups is 1. The molecule has 0 aliphatic carbocycles. The summed E-state index contributed by atoms with van der Waals surface area (Å²) >= 11 is 0. The molecule has 0 heterocycles. The van der Waals surface area contributed by atoms with Gasteiger partial charge >= 0.3 is 6.09 Å². The summed E-state index contributed by atoms with van der Waals surface area (Å²) in [6.07, 6.45) is 15.9. The molecule has 0 fully saturated rings. The Labute approximate surface area is 166 Å². The third-order valence-electron chi connectivity index (χ3n) is 4.47. The number of rotatable bonds is 22. The van der Waals surface area contributed by atoms with Gasteiger partial charge in [0.2, 0.25) is 0 Å². The number of amides is 1. The Balaban J connectivity index is 2.98. The molecule has 0 saturated heterocycles. The molecule has 0 radical (unpaired) electrons. The number of primary amides is 1. The highest BCUT2D eigenvalue weighted by Crippen LogP contribution is 2.11. The summed E-state index contributed by atoms with van der Waals surface area (Å²) in [5.74, 6) is 0. The van der Waals surface area contributed by atoms with Crippen LogP contribution in [-0.2, 0) is 14.2 Å². The van der Waals surface area contributed by atoms with Crippen molar-refractivity contribution in [2.24, 2.45) is 5.73 Å². The minimum absolute atomic E-state index is 0.190. The van der Waals surface area contributed by atoms with Crippen molar-refractivity contribution in [2.75, 3.05) is 46.1 Å². The molecule has 0 aliphatic rings. The van der Waals surface area contributed by atoms with Crippen LogP contribution in [0.15, 0.2) is 0 Å². The Morgan fingerprint density at radius 1 is 0.667 bits per heavy atom. The molecule has 0 saturated carbocycles. The van der Waals surface area contributed by atoms with E-state index in [0.717, 1.165) is 13.1 Å². The molecule has 6 heteroatoms. The lowest BCUT2D eigenvalue weighted by Gasteiger charge is -2.07. The molecule has 27 heavy (non-hydrogen) atoms. The quantitative estimate of drug-likeness (QED) is 0.269. The van der Waals surface area contributed by atoms with E-state index in [2.05, 4.69) is 17.0 Å². The van der Waals surface area contributed by atoms with Gasteiger partial charge in [0.1, 0.15) is 6.61 Å². The van der Waals surface area contributed by atoms with Gasteiger partial charge < -0.3 is 25.3 Å². The number of nitrogens with two attached hydrogens (primary N) is 1. The van der Waals surface area contributed by atoms with Gasteiger partial charge in [0.25, 0.3) is 0 Å². The molecule has 0 rings (SSSR count). The molecule has 6 nitrogen and oxygen atoms in total. The zero-order chi connectivity index (χ0) is 19.8. The highest BCUT2D eigenvalue weighted by Gasteiger charge is 1.95. The van der Waals surface area contributed by atoms with Crippen LogP contribution in [0.2, 0.25) is 0 Å². The highest BCUT2D eigenvalue weighted by molar-refractivity contribution is 5.64. The first kappa shape index (κ1) is 26.1. The first-order valence-electron chi connectivity index (χ1n) is 11.1.